The summed E-state index contributed by atoms with van der Waals surface area (Å²) in [6, 6.07) is -1.29. The molecular weight excluding hydrogens is 260 g/mol. The average Bonchev–Trinajstić information content (AvgIpc) is 2.26. The van der Waals surface area contributed by atoms with E-state index in [0.29, 0.717) is 6.42 Å². The van der Waals surface area contributed by atoms with Crippen LogP contribution in [0.2, 0.25) is 0 Å². The monoisotopic (exact) mass is 282 g/mol. The number of hydrogen-bond acceptors (Lipinski definition) is 3. The summed E-state index contributed by atoms with van der Waals surface area (Å²) in [6.45, 7) is 5.78. The molecule has 4 N–H and O–H groups in total. The molecule has 0 rings (SSSR count). The van der Waals surface area contributed by atoms with E-state index in [2.05, 4.69) is 11.4 Å². The van der Waals surface area contributed by atoms with Crippen LogP contribution in [0.25, 0.3) is 0 Å². The SMILES string of the molecule is CC(C)=CCC/C(C)=C/C(=O)NC(CC(N)=O)C(=O)O. The third-order valence-electron chi connectivity index (χ3n) is 2.49. The van der Waals surface area contributed by atoms with Crippen LogP contribution in [0.5, 0.6) is 0 Å². The molecule has 0 aromatic heterocycles. The van der Waals surface area contributed by atoms with Crippen LogP contribution in [0, 0.1) is 0 Å². The molecule has 0 aliphatic carbocycles. The predicted molar refractivity (Wildman–Crippen MR) is 75.8 cm³/mol. The van der Waals surface area contributed by atoms with Gasteiger partial charge in [-0.1, -0.05) is 17.2 Å². The first-order valence-corrected chi connectivity index (χ1v) is 6.34. The van der Waals surface area contributed by atoms with Gasteiger partial charge in [0.25, 0.3) is 0 Å². The maximum atomic E-state index is 11.6. The highest BCUT2D eigenvalue weighted by atomic mass is 16.4. The fourth-order valence-corrected chi connectivity index (χ4v) is 1.50. The zero-order valence-corrected chi connectivity index (χ0v) is 12.1. The summed E-state index contributed by atoms with van der Waals surface area (Å²) in [5, 5.41) is 11.1. The molecule has 0 aliphatic heterocycles. The number of primary amides is 1. The van der Waals surface area contributed by atoms with E-state index in [1.54, 1.807) is 6.92 Å². The summed E-state index contributed by atoms with van der Waals surface area (Å²) in [4.78, 5) is 33.2. The second-order valence-electron chi connectivity index (χ2n) is 4.88. The van der Waals surface area contributed by atoms with Gasteiger partial charge in [0.2, 0.25) is 11.8 Å². The van der Waals surface area contributed by atoms with Gasteiger partial charge in [-0.25, -0.2) is 4.79 Å². The van der Waals surface area contributed by atoms with E-state index in [1.807, 2.05) is 13.8 Å². The minimum atomic E-state index is -1.29. The maximum absolute atomic E-state index is 11.6. The molecule has 1 unspecified atom stereocenters. The molecule has 0 aromatic rings. The molecule has 6 heteroatoms. The fraction of sp³-hybridized carbons (Fsp3) is 0.500. The van der Waals surface area contributed by atoms with Crippen LogP contribution in [0.15, 0.2) is 23.3 Å². The molecule has 0 fully saturated rings. The zero-order chi connectivity index (χ0) is 15.7. The molecule has 0 saturated heterocycles. The van der Waals surface area contributed by atoms with Crippen LogP contribution in [0.3, 0.4) is 0 Å². The van der Waals surface area contributed by atoms with Crippen LogP contribution in [0.1, 0.15) is 40.0 Å². The van der Waals surface area contributed by atoms with Crippen molar-refractivity contribution in [1.82, 2.24) is 5.32 Å². The third-order valence-corrected chi connectivity index (χ3v) is 2.49. The van der Waals surface area contributed by atoms with Crippen molar-refractivity contribution >= 4 is 17.8 Å². The first kappa shape index (κ1) is 17.9. The van der Waals surface area contributed by atoms with E-state index in [-0.39, 0.29) is 0 Å². The van der Waals surface area contributed by atoms with Gasteiger partial charge in [-0.05, 0) is 33.6 Å². The standard InChI is InChI=1S/C14H22N2O4/c1-9(2)5-4-6-10(3)7-13(18)16-11(14(19)20)8-12(15)17/h5,7,11H,4,6,8H2,1-3H3,(H2,15,17)(H,16,18)(H,19,20)/b10-7+. The van der Waals surface area contributed by atoms with Crippen molar-refractivity contribution in [3.8, 4) is 0 Å². The smallest absolute Gasteiger partial charge is 0.326 e. The number of carbonyl (C=O) groups is 3. The zero-order valence-electron chi connectivity index (χ0n) is 12.1. The fourth-order valence-electron chi connectivity index (χ4n) is 1.50. The normalized spacial score (nSPS) is 12.4. The Balaban J connectivity index is 4.46. The average molecular weight is 282 g/mol. The van der Waals surface area contributed by atoms with Crippen LogP contribution in [-0.2, 0) is 14.4 Å². The largest absolute Gasteiger partial charge is 0.480 e. The van der Waals surface area contributed by atoms with Crippen molar-refractivity contribution in [1.29, 1.82) is 0 Å². The Morgan fingerprint density at radius 2 is 1.85 bits per heavy atom. The summed E-state index contributed by atoms with van der Waals surface area (Å²) < 4.78 is 0. The Bertz CT molecular complexity index is 434. The lowest BCUT2D eigenvalue weighted by molar-refractivity contribution is -0.142. The number of carboxylic acids is 1. The molecule has 0 heterocycles. The summed E-state index contributed by atoms with van der Waals surface area (Å²) >= 11 is 0. The number of nitrogens with two attached hydrogens (primary N) is 1. The van der Waals surface area contributed by atoms with Gasteiger partial charge < -0.3 is 16.2 Å². The van der Waals surface area contributed by atoms with Gasteiger partial charge in [-0.15, -0.1) is 0 Å². The molecule has 0 aliphatic rings. The Hall–Kier alpha value is -2.11. The highest BCUT2D eigenvalue weighted by molar-refractivity contribution is 5.93. The molecule has 2 amide bonds. The number of aliphatic carboxylic acids is 1. The number of rotatable bonds is 8. The molecule has 20 heavy (non-hydrogen) atoms. The second kappa shape index (κ2) is 8.90. The van der Waals surface area contributed by atoms with Crippen molar-refractivity contribution in [3.63, 3.8) is 0 Å². The highest BCUT2D eigenvalue weighted by Gasteiger charge is 2.21. The first-order valence-electron chi connectivity index (χ1n) is 6.34. The first-order chi connectivity index (χ1) is 9.22. The van der Waals surface area contributed by atoms with Crippen LogP contribution in [-0.4, -0.2) is 28.9 Å². The summed E-state index contributed by atoms with van der Waals surface area (Å²) in [7, 11) is 0. The number of carbonyl (C=O) groups excluding carboxylic acids is 2. The molecule has 6 nitrogen and oxygen atoms in total. The van der Waals surface area contributed by atoms with Crippen LogP contribution < -0.4 is 11.1 Å². The lowest BCUT2D eigenvalue weighted by Gasteiger charge is -2.11. The van der Waals surface area contributed by atoms with Gasteiger partial charge >= 0.3 is 5.97 Å². The number of carboxylic acid groups (broad SMARTS) is 1. The minimum absolute atomic E-state index is 0.425. The quantitative estimate of drug-likeness (QED) is 0.458. The number of hydrogen-bond donors (Lipinski definition) is 3. The Morgan fingerprint density at radius 3 is 2.30 bits per heavy atom. The van der Waals surface area contributed by atoms with E-state index < -0.39 is 30.2 Å². The summed E-state index contributed by atoms with van der Waals surface area (Å²) in [5.74, 6) is -2.59. The van der Waals surface area contributed by atoms with Crippen molar-refractivity contribution < 1.29 is 19.5 Å². The van der Waals surface area contributed by atoms with Gasteiger partial charge in [-0.3, -0.25) is 9.59 Å². The molecule has 0 radical (unpaired) electrons. The predicted octanol–water partition coefficient (Wildman–Crippen LogP) is 1.12. The van der Waals surface area contributed by atoms with E-state index in [0.717, 1.165) is 12.0 Å². The van der Waals surface area contributed by atoms with Crippen molar-refractivity contribution in [3.05, 3.63) is 23.3 Å². The van der Waals surface area contributed by atoms with Gasteiger partial charge in [-0.2, -0.15) is 0 Å². The number of nitrogens with one attached hydrogen (secondary N) is 1. The lowest BCUT2D eigenvalue weighted by Crippen LogP contribution is -2.42. The minimum Gasteiger partial charge on any atom is -0.480 e. The second-order valence-corrected chi connectivity index (χ2v) is 4.88. The molecule has 0 spiro atoms. The van der Waals surface area contributed by atoms with Crippen molar-refractivity contribution in [2.75, 3.05) is 0 Å². The van der Waals surface area contributed by atoms with Crippen molar-refractivity contribution in [2.24, 2.45) is 5.73 Å². The van der Waals surface area contributed by atoms with E-state index >= 15 is 0 Å². The summed E-state index contributed by atoms with van der Waals surface area (Å²) in [5.41, 5.74) is 6.97. The third kappa shape index (κ3) is 8.91. The topological polar surface area (TPSA) is 109 Å². The number of allylic oxidation sites excluding steroid dienone is 3. The van der Waals surface area contributed by atoms with E-state index in [1.165, 1.54) is 11.6 Å². The molecule has 1 atom stereocenters. The Morgan fingerprint density at radius 1 is 1.25 bits per heavy atom. The van der Waals surface area contributed by atoms with Gasteiger partial charge in [0.1, 0.15) is 6.04 Å². The lowest BCUT2D eigenvalue weighted by atomic mass is 10.1. The molecule has 0 saturated carbocycles. The van der Waals surface area contributed by atoms with E-state index in [9.17, 15) is 14.4 Å². The Kier molecular flexibility index (Phi) is 7.96. The molecule has 0 aromatic carbocycles. The van der Waals surface area contributed by atoms with Crippen LogP contribution in [0.4, 0.5) is 0 Å². The molecule has 0 bridgehead atoms. The van der Waals surface area contributed by atoms with E-state index in [4.69, 9.17) is 10.8 Å². The number of amides is 2. The highest BCUT2D eigenvalue weighted by Crippen LogP contribution is 2.06. The van der Waals surface area contributed by atoms with Gasteiger partial charge in [0.05, 0.1) is 6.42 Å². The van der Waals surface area contributed by atoms with Gasteiger partial charge in [0.15, 0.2) is 0 Å². The van der Waals surface area contributed by atoms with Gasteiger partial charge in [0, 0.05) is 6.08 Å². The molecular formula is C14H22N2O4. The maximum Gasteiger partial charge on any atom is 0.326 e. The summed E-state index contributed by atoms with van der Waals surface area (Å²) in [6.07, 6.45) is 4.51. The van der Waals surface area contributed by atoms with Crippen LogP contribution >= 0.6 is 0 Å². The Labute approximate surface area is 118 Å². The molecule has 112 valence electrons. The van der Waals surface area contributed by atoms with Crippen molar-refractivity contribution in [2.45, 2.75) is 46.1 Å².